The van der Waals surface area contributed by atoms with Crippen molar-refractivity contribution in [3.8, 4) is 0 Å². The van der Waals surface area contributed by atoms with Crippen LogP contribution >= 0.6 is 0 Å². The van der Waals surface area contributed by atoms with Gasteiger partial charge in [0.1, 0.15) is 0 Å². The molecule has 0 radical (unpaired) electrons. The van der Waals surface area contributed by atoms with Gasteiger partial charge in [0.25, 0.3) is 0 Å². The molecule has 0 bridgehead atoms. The van der Waals surface area contributed by atoms with E-state index >= 15 is 0 Å². The minimum atomic E-state index is 0.574. The van der Waals surface area contributed by atoms with Crippen LogP contribution in [0.2, 0.25) is 0 Å². The molecule has 0 saturated carbocycles. The van der Waals surface area contributed by atoms with E-state index in [0.29, 0.717) is 12.0 Å². The van der Waals surface area contributed by atoms with Crippen LogP contribution in [0.1, 0.15) is 43.0 Å². The van der Waals surface area contributed by atoms with Crippen LogP contribution in [-0.4, -0.2) is 25.0 Å². The SMILES string of the molecule is CCc1cccc(CC)c1C1CC(CN)CN1C. The van der Waals surface area contributed by atoms with Crippen molar-refractivity contribution >= 4 is 0 Å². The molecule has 2 atom stereocenters. The van der Waals surface area contributed by atoms with E-state index in [1.54, 1.807) is 5.56 Å². The van der Waals surface area contributed by atoms with Gasteiger partial charge in [-0.05, 0) is 55.5 Å². The molecule has 2 heteroatoms. The van der Waals surface area contributed by atoms with E-state index in [4.69, 9.17) is 5.73 Å². The topological polar surface area (TPSA) is 29.3 Å². The Morgan fingerprint density at radius 3 is 2.28 bits per heavy atom. The molecule has 2 nitrogen and oxygen atoms in total. The third-order valence-electron chi connectivity index (χ3n) is 4.35. The molecule has 2 rings (SSSR count). The van der Waals surface area contributed by atoms with E-state index in [9.17, 15) is 0 Å². The van der Waals surface area contributed by atoms with Crippen molar-refractivity contribution in [3.05, 3.63) is 34.9 Å². The zero-order valence-electron chi connectivity index (χ0n) is 11.9. The largest absolute Gasteiger partial charge is 0.330 e. The summed E-state index contributed by atoms with van der Waals surface area (Å²) in [4.78, 5) is 2.49. The Hall–Kier alpha value is -0.860. The quantitative estimate of drug-likeness (QED) is 0.885. The molecule has 0 aromatic heterocycles. The molecule has 18 heavy (non-hydrogen) atoms. The Balaban J connectivity index is 2.37. The lowest BCUT2D eigenvalue weighted by atomic mass is 9.89. The van der Waals surface area contributed by atoms with Gasteiger partial charge in [-0.3, -0.25) is 4.90 Å². The first-order valence-electron chi connectivity index (χ1n) is 7.22. The maximum atomic E-state index is 5.85. The van der Waals surface area contributed by atoms with Crippen molar-refractivity contribution < 1.29 is 0 Å². The Morgan fingerprint density at radius 1 is 1.22 bits per heavy atom. The number of benzene rings is 1. The number of nitrogens with two attached hydrogens (primary N) is 1. The predicted octanol–water partition coefficient (Wildman–Crippen LogP) is 2.76. The monoisotopic (exact) mass is 246 g/mol. The lowest BCUT2D eigenvalue weighted by Crippen LogP contribution is -2.21. The summed E-state index contributed by atoms with van der Waals surface area (Å²) in [6.45, 7) is 6.47. The van der Waals surface area contributed by atoms with Crippen molar-refractivity contribution in [1.29, 1.82) is 0 Å². The van der Waals surface area contributed by atoms with Crippen molar-refractivity contribution in [3.63, 3.8) is 0 Å². The molecule has 2 N–H and O–H groups in total. The molecule has 0 spiro atoms. The van der Waals surface area contributed by atoms with Crippen LogP contribution in [0.25, 0.3) is 0 Å². The highest BCUT2D eigenvalue weighted by Crippen LogP contribution is 2.37. The smallest absolute Gasteiger partial charge is 0.0354 e. The fourth-order valence-corrected chi connectivity index (χ4v) is 3.32. The highest BCUT2D eigenvalue weighted by Gasteiger charge is 2.31. The van der Waals surface area contributed by atoms with Crippen molar-refractivity contribution in [1.82, 2.24) is 4.90 Å². The average Bonchev–Trinajstić information content (AvgIpc) is 2.78. The van der Waals surface area contributed by atoms with E-state index in [-0.39, 0.29) is 0 Å². The summed E-state index contributed by atoms with van der Waals surface area (Å²) in [5, 5.41) is 0. The lowest BCUT2D eigenvalue weighted by Gasteiger charge is -2.25. The van der Waals surface area contributed by atoms with Crippen LogP contribution in [0.5, 0.6) is 0 Å². The summed E-state index contributed by atoms with van der Waals surface area (Å²) in [5.74, 6) is 0.662. The second-order valence-corrected chi connectivity index (χ2v) is 5.49. The molecule has 100 valence electrons. The van der Waals surface area contributed by atoms with Crippen LogP contribution in [0.3, 0.4) is 0 Å². The second-order valence-electron chi connectivity index (χ2n) is 5.49. The van der Waals surface area contributed by atoms with Gasteiger partial charge < -0.3 is 5.73 Å². The normalized spacial score (nSPS) is 24.7. The van der Waals surface area contributed by atoms with Gasteiger partial charge in [0.05, 0.1) is 0 Å². The standard InChI is InChI=1S/C16H26N2/c1-4-13-7-6-8-14(5-2)16(13)15-9-12(10-17)11-18(15)3/h6-8,12,15H,4-5,9-11,17H2,1-3H3. The van der Waals surface area contributed by atoms with Gasteiger partial charge in [0, 0.05) is 12.6 Å². The third kappa shape index (κ3) is 2.45. The van der Waals surface area contributed by atoms with E-state index in [0.717, 1.165) is 25.9 Å². The molecule has 2 unspecified atom stereocenters. The van der Waals surface area contributed by atoms with E-state index < -0.39 is 0 Å². The summed E-state index contributed by atoms with van der Waals surface area (Å²) >= 11 is 0. The number of aryl methyl sites for hydroxylation is 2. The Labute approximate surface area is 111 Å². The van der Waals surface area contributed by atoms with Gasteiger partial charge in [-0.15, -0.1) is 0 Å². The van der Waals surface area contributed by atoms with Crippen LogP contribution in [-0.2, 0) is 12.8 Å². The summed E-state index contributed by atoms with van der Waals surface area (Å²) in [6.07, 6.45) is 3.47. The zero-order chi connectivity index (χ0) is 13.1. The number of rotatable bonds is 4. The van der Waals surface area contributed by atoms with Crippen LogP contribution in [0.4, 0.5) is 0 Å². The summed E-state index contributed by atoms with van der Waals surface area (Å²) < 4.78 is 0. The first-order valence-corrected chi connectivity index (χ1v) is 7.22. The minimum absolute atomic E-state index is 0.574. The Bertz CT molecular complexity index is 378. The Kier molecular flexibility index (Phi) is 4.41. The van der Waals surface area contributed by atoms with Crippen LogP contribution in [0, 0.1) is 5.92 Å². The highest BCUT2D eigenvalue weighted by molar-refractivity contribution is 5.38. The molecule has 1 aromatic carbocycles. The van der Waals surface area contributed by atoms with Crippen molar-refractivity contribution in [2.75, 3.05) is 20.1 Å². The molecular weight excluding hydrogens is 220 g/mol. The highest BCUT2D eigenvalue weighted by atomic mass is 15.2. The van der Waals surface area contributed by atoms with Gasteiger partial charge >= 0.3 is 0 Å². The second kappa shape index (κ2) is 5.85. The maximum absolute atomic E-state index is 5.85. The van der Waals surface area contributed by atoms with Gasteiger partial charge in [-0.25, -0.2) is 0 Å². The van der Waals surface area contributed by atoms with Crippen molar-refractivity contribution in [2.45, 2.75) is 39.2 Å². The maximum Gasteiger partial charge on any atom is 0.0354 e. The minimum Gasteiger partial charge on any atom is -0.330 e. The Morgan fingerprint density at radius 2 is 1.83 bits per heavy atom. The van der Waals surface area contributed by atoms with Crippen LogP contribution < -0.4 is 5.73 Å². The average molecular weight is 246 g/mol. The first kappa shape index (κ1) is 13.6. The summed E-state index contributed by atoms with van der Waals surface area (Å²) in [5.41, 5.74) is 10.5. The molecule has 1 fully saturated rings. The number of nitrogens with zero attached hydrogens (tertiary/aromatic N) is 1. The van der Waals surface area contributed by atoms with Gasteiger partial charge in [0.2, 0.25) is 0 Å². The lowest BCUT2D eigenvalue weighted by molar-refractivity contribution is 0.311. The number of likely N-dealkylation sites (tertiary alicyclic amines) is 1. The van der Waals surface area contributed by atoms with E-state index in [1.165, 1.54) is 17.5 Å². The fourth-order valence-electron chi connectivity index (χ4n) is 3.32. The molecule has 1 saturated heterocycles. The molecular formula is C16H26N2. The first-order chi connectivity index (χ1) is 8.71. The molecule has 1 aliphatic rings. The van der Waals surface area contributed by atoms with Crippen molar-refractivity contribution in [2.24, 2.45) is 11.7 Å². The third-order valence-corrected chi connectivity index (χ3v) is 4.35. The van der Waals surface area contributed by atoms with Crippen LogP contribution in [0.15, 0.2) is 18.2 Å². The summed E-state index contributed by atoms with van der Waals surface area (Å²) in [6, 6.07) is 7.36. The van der Waals surface area contributed by atoms with Gasteiger partial charge in [-0.2, -0.15) is 0 Å². The summed E-state index contributed by atoms with van der Waals surface area (Å²) in [7, 11) is 2.24. The van der Waals surface area contributed by atoms with Gasteiger partial charge in [0.15, 0.2) is 0 Å². The molecule has 0 aliphatic carbocycles. The molecule has 1 aliphatic heterocycles. The molecule has 0 amide bonds. The van der Waals surface area contributed by atoms with Gasteiger partial charge in [-0.1, -0.05) is 32.0 Å². The van der Waals surface area contributed by atoms with E-state index in [1.807, 2.05) is 0 Å². The number of hydrogen-bond acceptors (Lipinski definition) is 2. The number of hydrogen-bond donors (Lipinski definition) is 1. The predicted molar refractivity (Wildman–Crippen MR) is 77.7 cm³/mol. The molecule has 1 heterocycles. The fraction of sp³-hybridized carbons (Fsp3) is 0.625. The molecule has 1 aromatic rings. The zero-order valence-corrected chi connectivity index (χ0v) is 11.9. The van der Waals surface area contributed by atoms with E-state index in [2.05, 4.69) is 44.0 Å².